The van der Waals surface area contributed by atoms with Gasteiger partial charge in [0, 0.05) is 30.5 Å². The fraction of sp³-hybridized carbons (Fsp3) is 0.600. The van der Waals surface area contributed by atoms with Crippen molar-refractivity contribution in [3.8, 4) is 0 Å². The second-order valence-corrected chi connectivity index (χ2v) is 5.91. The molecule has 2 fully saturated rings. The topological polar surface area (TPSA) is 32.5 Å². The summed E-state index contributed by atoms with van der Waals surface area (Å²) in [6.07, 6.45) is -1.03. The van der Waals surface area contributed by atoms with Crippen LogP contribution >= 0.6 is 0 Å². The molecule has 21 heavy (non-hydrogen) atoms. The first-order chi connectivity index (χ1) is 9.95. The third kappa shape index (κ3) is 2.95. The zero-order valence-electron chi connectivity index (χ0n) is 11.9. The van der Waals surface area contributed by atoms with Gasteiger partial charge in [-0.15, -0.1) is 0 Å². The van der Waals surface area contributed by atoms with Crippen molar-refractivity contribution in [3.63, 3.8) is 0 Å². The number of nitrogens with zero attached hydrogens (tertiary/aromatic N) is 2. The van der Waals surface area contributed by atoms with E-state index >= 15 is 0 Å². The van der Waals surface area contributed by atoms with E-state index in [1.807, 2.05) is 4.90 Å². The Morgan fingerprint density at radius 1 is 1.10 bits per heavy atom. The van der Waals surface area contributed by atoms with Gasteiger partial charge in [-0.3, -0.25) is 4.90 Å². The number of nitrogens with two attached hydrogens (primary N) is 1. The van der Waals surface area contributed by atoms with Crippen LogP contribution in [0.3, 0.4) is 0 Å². The Hall–Kier alpha value is -1.43. The lowest BCUT2D eigenvalue weighted by Gasteiger charge is -2.26. The van der Waals surface area contributed by atoms with Crippen LogP contribution in [0, 0.1) is 0 Å². The van der Waals surface area contributed by atoms with Gasteiger partial charge in [-0.1, -0.05) is 0 Å². The quantitative estimate of drug-likeness (QED) is 0.852. The fourth-order valence-corrected chi connectivity index (χ4v) is 3.42. The molecule has 2 saturated heterocycles. The van der Waals surface area contributed by atoms with Crippen molar-refractivity contribution in [1.29, 1.82) is 0 Å². The summed E-state index contributed by atoms with van der Waals surface area (Å²) in [5.41, 5.74) is 5.32. The minimum atomic E-state index is -4.36. The molecule has 0 saturated carbocycles. The molecule has 0 spiro atoms. The lowest BCUT2D eigenvalue weighted by atomic mass is 10.1. The Labute approximate surface area is 122 Å². The molecule has 1 atom stereocenters. The minimum Gasteiger partial charge on any atom is -0.399 e. The first-order valence-electron chi connectivity index (χ1n) is 7.41. The summed E-state index contributed by atoms with van der Waals surface area (Å²) in [4.78, 5) is 4.26. The lowest BCUT2D eigenvalue weighted by molar-refractivity contribution is -0.137. The summed E-state index contributed by atoms with van der Waals surface area (Å²) in [6, 6.07) is 4.47. The number of likely N-dealkylation sites (tertiary alicyclic amines) is 1. The molecule has 0 amide bonds. The Kier molecular flexibility index (Phi) is 3.73. The Morgan fingerprint density at radius 3 is 2.48 bits per heavy atom. The van der Waals surface area contributed by atoms with E-state index in [1.165, 1.54) is 18.9 Å². The number of nitrogen functional groups attached to an aromatic ring is 1. The summed E-state index contributed by atoms with van der Waals surface area (Å²) in [6.45, 7) is 3.50. The van der Waals surface area contributed by atoms with Gasteiger partial charge in [0.1, 0.15) is 0 Å². The van der Waals surface area contributed by atoms with Gasteiger partial charge in [-0.25, -0.2) is 0 Å². The van der Waals surface area contributed by atoms with Crippen LogP contribution in [0.1, 0.15) is 24.8 Å². The highest BCUT2D eigenvalue weighted by Crippen LogP contribution is 2.39. The van der Waals surface area contributed by atoms with E-state index < -0.39 is 11.7 Å². The smallest absolute Gasteiger partial charge is 0.399 e. The second kappa shape index (κ2) is 5.40. The molecule has 1 aromatic rings. The number of hydrogen-bond donors (Lipinski definition) is 1. The third-order valence-corrected chi connectivity index (χ3v) is 4.49. The molecule has 2 heterocycles. The van der Waals surface area contributed by atoms with Crippen molar-refractivity contribution >= 4 is 11.4 Å². The summed E-state index contributed by atoms with van der Waals surface area (Å²) >= 11 is 0. The molecule has 0 aliphatic carbocycles. The van der Waals surface area contributed by atoms with E-state index in [2.05, 4.69) is 4.90 Å². The van der Waals surface area contributed by atoms with Gasteiger partial charge in [0.25, 0.3) is 0 Å². The zero-order valence-corrected chi connectivity index (χ0v) is 11.9. The van der Waals surface area contributed by atoms with Crippen LogP contribution in [-0.4, -0.2) is 37.1 Å². The summed E-state index contributed by atoms with van der Waals surface area (Å²) in [7, 11) is 0. The van der Waals surface area contributed by atoms with Gasteiger partial charge < -0.3 is 10.6 Å². The first-order valence-corrected chi connectivity index (χ1v) is 7.41. The minimum absolute atomic E-state index is 0.154. The number of anilines is 2. The van der Waals surface area contributed by atoms with Crippen molar-refractivity contribution in [3.05, 3.63) is 23.8 Å². The van der Waals surface area contributed by atoms with Gasteiger partial charge in [0.15, 0.2) is 0 Å². The van der Waals surface area contributed by atoms with Gasteiger partial charge >= 0.3 is 6.18 Å². The number of alkyl halides is 3. The van der Waals surface area contributed by atoms with Gasteiger partial charge in [0.05, 0.1) is 5.56 Å². The van der Waals surface area contributed by atoms with E-state index in [4.69, 9.17) is 5.73 Å². The molecule has 2 N–H and O–H groups in total. The first kappa shape index (κ1) is 14.5. The predicted octanol–water partition coefficient (Wildman–Crippen LogP) is 2.96. The molecule has 3 rings (SSSR count). The van der Waals surface area contributed by atoms with Crippen molar-refractivity contribution in [2.24, 2.45) is 0 Å². The molecule has 2 aliphatic heterocycles. The van der Waals surface area contributed by atoms with Crippen molar-refractivity contribution in [1.82, 2.24) is 4.90 Å². The summed E-state index contributed by atoms with van der Waals surface area (Å²) in [5, 5.41) is 0. The van der Waals surface area contributed by atoms with Crippen molar-refractivity contribution in [2.75, 3.05) is 36.8 Å². The average molecular weight is 299 g/mol. The maximum Gasteiger partial charge on any atom is 0.418 e. The predicted molar refractivity (Wildman–Crippen MR) is 77.3 cm³/mol. The number of rotatable bonds is 2. The standard InChI is InChI=1S/C15H20F3N3/c16-15(17,18)13-9-11(19)3-4-14(13)21-8-5-12(10-21)20-6-1-2-7-20/h3-4,9,12H,1-2,5-8,10,19H2. The zero-order chi connectivity index (χ0) is 15.0. The highest BCUT2D eigenvalue weighted by atomic mass is 19.4. The maximum absolute atomic E-state index is 13.2. The van der Waals surface area contributed by atoms with Crippen LogP contribution in [-0.2, 0) is 6.18 Å². The van der Waals surface area contributed by atoms with Crippen LogP contribution in [0.15, 0.2) is 18.2 Å². The number of hydrogen-bond acceptors (Lipinski definition) is 3. The van der Waals surface area contributed by atoms with Crippen LogP contribution in [0.2, 0.25) is 0 Å². The largest absolute Gasteiger partial charge is 0.418 e. The molecular formula is C15H20F3N3. The van der Waals surface area contributed by atoms with Gasteiger partial charge in [-0.2, -0.15) is 13.2 Å². The molecular weight excluding hydrogens is 279 g/mol. The molecule has 6 heteroatoms. The average Bonchev–Trinajstić information content (AvgIpc) is 3.08. The van der Waals surface area contributed by atoms with Crippen LogP contribution in [0.4, 0.5) is 24.5 Å². The maximum atomic E-state index is 13.2. The molecule has 0 bridgehead atoms. The summed E-state index contributed by atoms with van der Waals surface area (Å²) in [5.74, 6) is 0. The highest BCUT2D eigenvalue weighted by molar-refractivity contribution is 5.61. The van der Waals surface area contributed by atoms with Crippen LogP contribution < -0.4 is 10.6 Å². The summed E-state index contributed by atoms with van der Waals surface area (Å²) < 4.78 is 39.6. The molecule has 1 unspecified atom stereocenters. The molecule has 116 valence electrons. The van der Waals surface area contributed by atoms with Crippen molar-refractivity contribution in [2.45, 2.75) is 31.5 Å². The van der Waals surface area contributed by atoms with Gasteiger partial charge in [0.2, 0.25) is 0 Å². The Balaban J connectivity index is 1.81. The molecule has 1 aromatic carbocycles. The van der Waals surface area contributed by atoms with E-state index in [1.54, 1.807) is 6.07 Å². The second-order valence-electron chi connectivity index (χ2n) is 5.91. The normalized spacial score (nSPS) is 24.0. The fourth-order valence-electron chi connectivity index (χ4n) is 3.42. The molecule has 2 aliphatic rings. The van der Waals surface area contributed by atoms with E-state index in [-0.39, 0.29) is 11.4 Å². The van der Waals surface area contributed by atoms with E-state index in [0.29, 0.717) is 19.1 Å². The monoisotopic (exact) mass is 299 g/mol. The number of benzene rings is 1. The molecule has 3 nitrogen and oxygen atoms in total. The van der Waals surface area contributed by atoms with Crippen LogP contribution in [0.5, 0.6) is 0 Å². The Morgan fingerprint density at radius 2 is 1.81 bits per heavy atom. The number of halogens is 3. The lowest BCUT2D eigenvalue weighted by Crippen LogP contribution is -2.35. The molecule has 0 radical (unpaired) electrons. The SMILES string of the molecule is Nc1ccc(N2CCC(N3CCCC3)C2)c(C(F)(F)F)c1. The highest BCUT2D eigenvalue weighted by Gasteiger charge is 2.37. The van der Waals surface area contributed by atoms with E-state index in [0.717, 1.165) is 25.6 Å². The molecule has 0 aromatic heterocycles. The van der Waals surface area contributed by atoms with Gasteiger partial charge in [-0.05, 0) is 50.6 Å². The third-order valence-electron chi connectivity index (χ3n) is 4.49. The van der Waals surface area contributed by atoms with E-state index in [9.17, 15) is 13.2 Å². The Bertz CT molecular complexity index is 509. The van der Waals surface area contributed by atoms with Crippen LogP contribution in [0.25, 0.3) is 0 Å². The van der Waals surface area contributed by atoms with Crippen molar-refractivity contribution < 1.29 is 13.2 Å².